The van der Waals surface area contributed by atoms with Gasteiger partial charge in [-0.15, -0.1) is 0 Å². The van der Waals surface area contributed by atoms with Crippen molar-refractivity contribution in [2.24, 2.45) is 22.7 Å². The second-order valence-corrected chi connectivity index (χ2v) is 10.3. The van der Waals surface area contributed by atoms with Crippen LogP contribution in [-0.2, 0) is 20.9 Å². The molecule has 6 rings (SSSR count). The number of allylic oxidation sites excluding steroid dienone is 2. The first kappa shape index (κ1) is 23.5. The summed E-state index contributed by atoms with van der Waals surface area (Å²) in [4.78, 5) is 44.2. The lowest BCUT2D eigenvalue weighted by molar-refractivity contribution is -0.146. The van der Waals surface area contributed by atoms with Crippen molar-refractivity contribution in [2.45, 2.75) is 33.2 Å². The fraction of sp³-hybridized carbons (Fsp3) is 0.281. The van der Waals surface area contributed by atoms with Gasteiger partial charge in [-0.1, -0.05) is 86.6 Å². The van der Waals surface area contributed by atoms with Crippen molar-refractivity contribution in [3.63, 3.8) is 0 Å². The quantitative estimate of drug-likeness (QED) is 0.400. The van der Waals surface area contributed by atoms with Crippen LogP contribution in [0.4, 0.5) is 4.39 Å². The molecule has 2 bridgehead atoms. The Morgan fingerprint density at radius 3 is 1.51 bits per heavy atom. The van der Waals surface area contributed by atoms with Gasteiger partial charge < -0.3 is 0 Å². The Labute approximate surface area is 215 Å². The number of carbonyl (C=O) groups excluding carboxylic acids is 3. The monoisotopic (exact) mass is 493 g/mol. The number of hydrogen-bond donors (Lipinski definition) is 0. The molecule has 37 heavy (non-hydrogen) atoms. The molecule has 1 aliphatic heterocycles. The van der Waals surface area contributed by atoms with Gasteiger partial charge in [0.05, 0.1) is 29.2 Å². The number of amides is 2. The summed E-state index contributed by atoms with van der Waals surface area (Å²) < 4.78 is 13.5. The summed E-state index contributed by atoms with van der Waals surface area (Å²) in [6.07, 6.45) is 0.859. The number of likely N-dealkylation sites (tertiary alicyclic amines) is 1. The molecule has 186 valence electrons. The van der Waals surface area contributed by atoms with Crippen molar-refractivity contribution in [3.05, 3.63) is 107 Å². The van der Waals surface area contributed by atoms with E-state index in [0.29, 0.717) is 18.4 Å². The Bertz CT molecular complexity index is 1360. The summed E-state index contributed by atoms with van der Waals surface area (Å²) >= 11 is 0. The highest BCUT2D eigenvalue weighted by molar-refractivity contribution is 6.29. The molecule has 2 fully saturated rings. The Morgan fingerprint density at radius 1 is 0.676 bits per heavy atom. The number of halogens is 1. The molecule has 3 aliphatic rings. The molecule has 5 heteroatoms. The molecule has 4 nitrogen and oxygen atoms in total. The zero-order chi connectivity index (χ0) is 25.9. The minimum atomic E-state index is -1.09. The van der Waals surface area contributed by atoms with Crippen LogP contribution in [0.3, 0.4) is 0 Å². The normalized spacial score (nSPS) is 28.4. The highest BCUT2D eigenvalue weighted by Crippen LogP contribution is 2.75. The molecule has 1 saturated heterocycles. The number of imide groups is 1. The van der Waals surface area contributed by atoms with Gasteiger partial charge in [-0.05, 0) is 52.8 Å². The van der Waals surface area contributed by atoms with Crippen LogP contribution in [-0.4, -0.2) is 22.5 Å². The minimum absolute atomic E-state index is 0.000776. The van der Waals surface area contributed by atoms with E-state index in [-0.39, 0.29) is 30.0 Å². The number of ketones is 1. The van der Waals surface area contributed by atoms with E-state index in [9.17, 15) is 18.8 Å². The molecule has 2 amide bonds. The number of fused-ring (bicyclic) bond motifs is 5. The predicted octanol–water partition coefficient (Wildman–Crippen LogP) is 5.93. The van der Waals surface area contributed by atoms with Gasteiger partial charge in [-0.3, -0.25) is 19.3 Å². The van der Waals surface area contributed by atoms with Crippen molar-refractivity contribution in [2.75, 3.05) is 0 Å². The van der Waals surface area contributed by atoms with Crippen LogP contribution < -0.4 is 0 Å². The third kappa shape index (κ3) is 2.91. The SMILES string of the molecule is CCC12C(=O)C(CC)(C(c3ccccc3)=C1c1ccccc1)C1C(=O)N(Cc3ccc(F)cc3)C(=O)C12. The predicted molar refractivity (Wildman–Crippen MR) is 139 cm³/mol. The van der Waals surface area contributed by atoms with Crippen molar-refractivity contribution >= 4 is 28.7 Å². The van der Waals surface area contributed by atoms with Gasteiger partial charge in [0.15, 0.2) is 5.78 Å². The lowest BCUT2D eigenvalue weighted by Gasteiger charge is -2.38. The summed E-state index contributed by atoms with van der Waals surface area (Å²) in [6.45, 7) is 3.98. The maximum absolute atomic E-state index is 14.6. The van der Waals surface area contributed by atoms with Crippen LogP contribution in [0.1, 0.15) is 43.4 Å². The number of carbonyl (C=O) groups is 3. The van der Waals surface area contributed by atoms with Gasteiger partial charge in [-0.25, -0.2) is 4.39 Å². The first-order chi connectivity index (χ1) is 17.9. The molecule has 3 aromatic rings. The third-order valence-corrected chi connectivity index (χ3v) is 8.91. The molecule has 0 spiro atoms. The summed E-state index contributed by atoms with van der Waals surface area (Å²) in [7, 11) is 0. The summed E-state index contributed by atoms with van der Waals surface area (Å²) in [5, 5.41) is 0. The van der Waals surface area contributed by atoms with E-state index in [2.05, 4.69) is 0 Å². The Balaban J connectivity index is 1.59. The van der Waals surface area contributed by atoms with Gasteiger partial charge in [-0.2, -0.15) is 0 Å². The van der Waals surface area contributed by atoms with E-state index in [1.165, 1.54) is 17.0 Å². The van der Waals surface area contributed by atoms with Crippen molar-refractivity contribution in [1.82, 2.24) is 4.90 Å². The fourth-order valence-electron chi connectivity index (χ4n) is 7.44. The standard InChI is InChI=1S/C32H28FNO3/c1-3-31-24(21-11-7-5-8-12-21)25(22-13-9-6-10-14-22)32(4-2,30(31)37)27-26(31)28(35)34(29(27)36)19-20-15-17-23(33)18-16-20/h5-18,26-27H,3-4,19H2,1-2H3. The summed E-state index contributed by atoms with van der Waals surface area (Å²) in [5.74, 6) is -2.47. The van der Waals surface area contributed by atoms with Gasteiger partial charge >= 0.3 is 0 Å². The lowest BCUT2D eigenvalue weighted by atomic mass is 9.60. The van der Waals surface area contributed by atoms with E-state index in [4.69, 9.17) is 0 Å². The van der Waals surface area contributed by atoms with Crippen LogP contribution in [0.2, 0.25) is 0 Å². The molecule has 2 aliphatic carbocycles. The average molecular weight is 494 g/mol. The molecule has 1 heterocycles. The largest absolute Gasteiger partial charge is 0.298 e. The molecule has 3 aromatic carbocycles. The maximum atomic E-state index is 14.6. The zero-order valence-electron chi connectivity index (χ0n) is 20.9. The van der Waals surface area contributed by atoms with Crippen molar-refractivity contribution < 1.29 is 18.8 Å². The number of rotatable bonds is 6. The minimum Gasteiger partial charge on any atom is -0.298 e. The van der Waals surface area contributed by atoms with Gasteiger partial charge in [0.25, 0.3) is 0 Å². The smallest absolute Gasteiger partial charge is 0.234 e. The van der Waals surface area contributed by atoms with Crippen LogP contribution in [0, 0.1) is 28.5 Å². The van der Waals surface area contributed by atoms with E-state index in [1.54, 1.807) is 12.1 Å². The highest BCUT2D eigenvalue weighted by Gasteiger charge is 2.80. The number of Topliss-reactive ketones (excluding diaryl/α,β-unsaturated/α-hetero) is 1. The second kappa shape index (κ2) is 8.34. The van der Waals surface area contributed by atoms with Crippen LogP contribution in [0.5, 0.6) is 0 Å². The van der Waals surface area contributed by atoms with E-state index < -0.39 is 22.7 Å². The van der Waals surface area contributed by atoms with Gasteiger partial charge in [0.1, 0.15) is 5.82 Å². The molecular formula is C32H28FNO3. The number of benzene rings is 3. The molecule has 4 unspecified atom stereocenters. The molecule has 0 aromatic heterocycles. The van der Waals surface area contributed by atoms with E-state index in [1.807, 2.05) is 74.5 Å². The van der Waals surface area contributed by atoms with Crippen LogP contribution in [0.25, 0.3) is 11.1 Å². The van der Waals surface area contributed by atoms with Crippen molar-refractivity contribution in [1.29, 1.82) is 0 Å². The average Bonchev–Trinajstić information content (AvgIpc) is 3.42. The summed E-state index contributed by atoms with van der Waals surface area (Å²) in [6, 6.07) is 25.5. The van der Waals surface area contributed by atoms with E-state index >= 15 is 0 Å². The van der Waals surface area contributed by atoms with Crippen LogP contribution in [0.15, 0.2) is 84.9 Å². The topological polar surface area (TPSA) is 54.5 Å². The Hall–Kier alpha value is -3.86. The Kier molecular flexibility index (Phi) is 5.30. The number of hydrogen-bond acceptors (Lipinski definition) is 3. The third-order valence-electron chi connectivity index (χ3n) is 8.91. The highest BCUT2D eigenvalue weighted by atomic mass is 19.1. The zero-order valence-corrected chi connectivity index (χ0v) is 20.9. The Morgan fingerprint density at radius 2 is 1.11 bits per heavy atom. The summed E-state index contributed by atoms with van der Waals surface area (Å²) in [5.41, 5.74) is 2.12. The molecule has 1 saturated carbocycles. The van der Waals surface area contributed by atoms with E-state index in [0.717, 1.165) is 22.3 Å². The second-order valence-electron chi connectivity index (χ2n) is 10.3. The molecular weight excluding hydrogens is 465 g/mol. The molecule has 0 radical (unpaired) electrons. The first-order valence-corrected chi connectivity index (χ1v) is 12.9. The van der Waals surface area contributed by atoms with Crippen LogP contribution >= 0.6 is 0 Å². The maximum Gasteiger partial charge on any atom is 0.234 e. The molecule has 0 N–H and O–H groups in total. The number of nitrogens with zero attached hydrogens (tertiary/aromatic N) is 1. The van der Waals surface area contributed by atoms with Gasteiger partial charge in [0.2, 0.25) is 11.8 Å². The van der Waals surface area contributed by atoms with Crippen molar-refractivity contribution in [3.8, 4) is 0 Å². The van der Waals surface area contributed by atoms with Gasteiger partial charge in [0, 0.05) is 0 Å². The molecule has 4 atom stereocenters. The first-order valence-electron chi connectivity index (χ1n) is 12.9. The lowest BCUT2D eigenvalue weighted by Crippen LogP contribution is -2.41. The fourth-order valence-corrected chi connectivity index (χ4v) is 7.44.